The highest BCUT2D eigenvalue weighted by Gasteiger charge is 2.30. The highest BCUT2D eigenvalue weighted by molar-refractivity contribution is 9.10. The zero-order valence-corrected chi connectivity index (χ0v) is 11.6. The van der Waals surface area contributed by atoms with E-state index in [1.807, 2.05) is 25.1 Å². The predicted octanol–water partition coefficient (Wildman–Crippen LogP) is 3.04. The van der Waals surface area contributed by atoms with Crippen LogP contribution < -0.4 is 10.1 Å². The summed E-state index contributed by atoms with van der Waals surface area (Å²) in [5, 5.41) is 3.02. The van der Waals surface area contributed by atoms with Crippen molar-refractivity contribution in [1.82, 2.24) is 5.32 Å². The van der Waals surface area contributed by atoms with Crippen LogP contribution in [0.2, 0.25) is 0 Å². The van der Waals surface area contributed by atoms with Gasteiger partial charge in [0.25, 0.3) is 0 Å². The molecule has 1 aliphatic carbocycles. The molecule has 0 spiro atoms. The first-order chi connectivity index (χ1) is 8.11. The summed E-state index contributed by atoms with van der Waals surface area (Å²) in [5.74, 6) is 1.22. The van der Waals surface area contributed by atoms with Gasteiger partial charge in [0.05, 0.1) is 17.6 Å². The molecule has 1 fully saturated rings. The minimum atomic E-state index is 0.0327. The maximum atomic E-state index is 11.6. The summed E-state index contributed by atoms with van der Waals surface area (Å²) in [6, 6.07) is 5.89. The van der Waals surface area contributed by atoms with Crippen LogP contribution >= 0.6 is 15.9 Å². The summed E-state index contributed by atoms with van der Waals surface area (Å²) in [5.41, 5.74) is 1.08. The van der Waals surface area contributed by atoms with Gasteiger partial charge < -0.3 is 10.1 Å². The van der Waals surface area contributed by atoms with E-state index >= 15 is 0 Å². The molecule has 17 heavy (non-hydrogen) atoms. The third-order valence-electron chi connectivity index (χ3n) is 2.98. The van der Waals surface area contributed by atoms with Gasteiger partial charge in [0.1, 0.15) is 5.75 Å². The predicted molar refractivity (Wildman–Crippen MR) is 70.0 cm³/mol. The molecule has 0 aliphatic heterocycles. The van der Waals surface area contributed by atoms with Gasteiger partial charge in [-0.15, -0.1) is 0 Å². The van der Waals surface area contributed by atoms with Crippen LogP contribution in [0.25, 0.3) is 0 Å². The fourth-order valence-corrected chi connectivity index (χ4v) is 2.27. The van der Waals surface area contributed by atoms with Crippen LogP contribution in [0.15, 0.2) is 22.7 Å². The molecular formula is C13H16BrNO2. The van der Waals surface area contributed by atoms with Crippen molar-refractivity contribution in [3.05, 3.63) is 28.2 Å². The fourth-order valence-electron chi connectivity index (χ4n) is 1.71. The van der Waals surface area contributed by atoms with Crippen LogP contribution in [0.3, 0.4) is 0 Å². The number of carbonyl (C=O) groups excluding carboxylic acids is 1. The van der Waals surface area contributed by atoms with Crippen molar-refractivity contribution in [2.45, 2.75) is 25.8 Å². The molecule has 1 saturated carbocycles. The molecule has 1 aliphatic rings. The number of benzene rings is 1. The highest BCUT2D eigenvalue weighted by atomic mass is 79.9. The molecular weight excluding hydrogens is 282 g/mol. The quantitative estimate of drug-likeness (QED) is 0.928. The third kappa shape index (κ3) is 3.00. The number of halogens is 1. The van der Waals surface area contributed by atoms with Crippen molar-refractivity contribution < 1.29 is 9.53 Å². The van der Waals surface area contributed by atoms with Gasteiger partial charge in [-0.3, -0.25) is 4.79 Å². The lowest BCUT2D eigenvalue weighted by Crippen LogP contribution is -2.27. The summed E-state index contributed by atoms with van der Waals surface area (Å²) in [6.07, 6.45) is 2.07. The zero-order valence-electron chi connectivity index (χ0n) is 10.00. The van der Waals surface area contributed by atoms with Crippen molar-refractivity contribution in [1.29, 1.82) is 0 Å². The number of methoxy groups -OCH3 is 1. The van der Waals surface area contributed by atoms with Gasteiger partial charge in [0.15, 0.2) is 0 Å². The lowest BCUT2D eigenvalue weighted by molar-refractivity contribution is -0.122. The number of hydrogen-bond donors (Lipinski definition) is 1. The van der Waals surface area contributed by atoms with E-state index in [0.29, 0.717) is 0 Å². The average molecular weight is 298 g/mol. The minimum Gasteiger partial charge on any atom is -0.496 e. The second-order valence-corrected chi connectivity index (χ2v) is 5.25. The Kier molecular flexibility index (Phi) is 3.72. The Labute approximate surface area is 110 Å². The summed E-state index contributed by atoms with van der Waals surface area (Å²) < 4.78 is 6.08. The van der Waals surface area contributed by atoms with Gasteiger partial charge in [-0.1, -0.05) is 6.07 Å². The highest BCUT2D eigenvalue weighted by Crippen LogP contribution is 2.31. The van der Waals surface area contributed by atoms with E-state index in [0.717, 1.165) is 28.6 Å². The lowest BCUT2D eigenvalue weighted by Gasteiger charge is -2.15. The van der Waals surface area contributed by atoms with Crippen LogP contribution in [0, 0.1) is 5.92 Å². The third-order valence-corrected chi connectivity index (χ3v) is 3.60. The molecule has 1 aromatic carbocycles. The van der Waals surface area contributed by atoms with Gasteiger partial charge in [-0.05, 0) is 53.4 Å². The van der Waals surface area contributed by atoms with E-state index in [2.05, 4.69) is 21.2 Å². The Morgan fingerprint density at radius 1 is 1.53 bits per heavy atom. The monoisotopic (exact) mass is 297 g/mol. The van der Waals surface area contributed by atoms with Crippen LogP contribution in [0.1, 0.15) is 31.4 Å². The molecule has 0 radical (unpaired) electrons. The largest absolute Gasteiger partial charge is 0.496 e. The van der Waals surface area contributed by atoms with E-state index in [1.54, 1.807) is 7.11 Å². The molecule has 0 bridgehead atoms. The van der Waals surface area contributed by atoms with Crippen LogP contribution in [0.4, 0.5) is 0 Å². The molecule has 1 unspecified atom stereocenters. The Bertz CT molecular complexity index is 429. The summed E-state index contributed by atoms with van der Waals surface area (Å²) in [6.45, 7) is 1.99. The van der Waals surface area contributed by atoms with Gasteiger partial charge in [0, 0.05) is 5.92 Å². The second kappa shape index (κ2) is 5.08. The van der Waals surface area contributed by atoms with Crippen molar-refractivity contribution in [2.75, 3.05) is 7.11 Å². The molecule has 3 nitrogen and oxygen atoms in total. The first kappa shape index (κ1) is 12.4. The standard InChI is InChI=1S/C13H16BrNO2/c1-8(15-13(16)9-3-4-9)10-5-6-12(17-2)11(14)7-10/h5-9H,3-4H2,1-2H3,(H,15,16). The second-order valence-electron chi connectivity index (χ2n) is 4.40. The van der Waals surface area contributed by atoms with Crippen molar-refractivity contribution in [3.63, 3.8) is 0 Å². The SMILES string of the molecule is COc1ccc(C(C)NC(=O)C2CC2)cc1Br. The Hall–Kier alpha value is -1.03. The maximum Gasteiger partial charge on any atom is 0.223 e. The van der Waals surface area contributed by atoms with E-state index in [9.17, 15) is 4.79 Å². The zero-order chi connectivity index (χ0) is 12.4. The molecule has 92 valence electrons. The first-order valence-electron chi connectivity index (χ1n) is 5.75. The Balaban J connectivity index is 2.05. The fraction of sp³-hybridized carbons (Fsp3) is 0.462. The van der Waals surface area contributed by atoms with Crippen molar-refractivity contribution in [3.8, 4) is 5.75 Å². The van der Waals surface area contributed by atoms with E-state index in [1.165, 1.54) is 0 Å². The maximum absolute atomic E-state index is 11.6. The molecule has 1 aromatic rings. The topological polar surface area (TPSA) is 38.3 Å². The van der Waals surface area contributed by atoms with Crippen molar-refractivity contribution in [2.24, 2.45) is 5.92 Å². The number of nitrogens with one attached hydrogen (secondary N) is 1. The number of hydrogen-bond acceptors (Lipinski definition) is 2. The first-order valence-corrected chi connectivity index (χ1v) is 6.55. The van der Waals surface area contributed by atoms with E-state index in [4.69, 9.17) is 4.74 Å². The number of amides is 1. The molecule has 0 heterocycles. The molecule has 1 N–H and O–H groups in total. The Morgan fingerprint density at radius 2 is 2.24 bits per heavy atom. The number of carbonyl (C=O) groups is 1. The van der Waals surface area contributed by atoms with Crippen LogP contribution in [0.5, 0.6) is 5.75 Å². The smallest absolute Gasteiger partial charge is 0.223 e. The summed E-state index contributed by atoms with van der Waals surface area (Å²) >= 11 is 3.45. The summed E-state index contributed by atoms with van der Waals surface area (Å²) in [4.78, 5) is 11.6. The molecule has 1 amide bonds. The van der Waals surface area contributed by atoms with Gasteiger partial charge >= 0.3 is 0 Å². The van der Waals surface area contributed by atoms with Crippen LogP contribution in [-0.2, 0) is 4.79 Å². The van der Waals surface area contributed by atoms with E-state index in [-0.39, 0.29) is 17.9 Å². The average Bonchev–Trinajstić information content (AvgIpc) is 3.12. The summed E-state index contributed by atoms with van der Waals surface area (Å²) in [7, 11) is 1.64. The molecule has 1 atom stereocenters. The molecule has 2 rings (SSSR count). The molecule has 0 aromatic heterocycles. The van der Waals surface area contributed by atoms with Gasteiger partial charge in [-0.25, -0.2) is 0 Å². The minimum absolute atomic E-state index is 0.0327. The normalized spacial score (nSPS) is 16.4. The lowest BCUT2D eigenvalue weighted by atomic mass is 10.1. The van der Waals surface area contributed by atoms with Gasteiger partial charge in [-0.2, -0.15) is 0 Å². The molecule has 4 heteroatoms. The van der Waals surface area contributed by atoms with E-state index < -0.39 is 0 Å². The number of rotatable bonds is 4. The van der Waals surface area contributed by atoms with Crippen molar-refractivity contribution >= 4 is 21.8 Å². The van der Waals surface area contributed by atoms with Gasteiger partial charge in [0.2, 0.25) is 5.91 Å². The Morgan fingerprint density at radius 3 is 2.76 bits per heavy atom. The molecule has 0 saturated heterocycles. The van der Waals surface area contributed by atoms with Crippen LogP contribution in [-0.4, -0.2) is 13.0 Å². The number of ether oxygens (including phenoxy) is 1.